The maximum absolute atomic E-state index is 6.39. The molecule has 1 N–H and O–H groups in total. The number of nitrogens with one attached hydrogen (secondary N) is 1. The summed E-state index contributed by atoms with van der Waals surface area (Å²) in [6.07, 6.45) is 1.03. The second-order valence-corrected chi connectivity index (χ2v) is 8.47. The predicted molar refractivity (Wildman–Crippen MR) is 124 cm³/mol. The first-order chi connectivity index (χ1) is 13.6. The number of thiocarbonyl (C=S) groups is 1. The van der Waals surface area contributed by atoms with Crippen molar-refractivity contribution >= 4 is 50.5 Å². The fourth-order valence-corrected chi connectivity index (χ4v) is 3.86. The SMILES string of the molecule is S=C(Nc1ccc(Br)cc1)N(CCCN1CCOCC1)Cc1ccccc1Cl. The molecule has 3 rings (SSSR count). The summed E-state index contributed by atoms with van der Waals surface area (Å²) in [5.41, 5.74) is 2.06. The van der Waals surface area contributed by atoms with Crippen molar-refractivity contribution in [3.05, 3.63) is 63.6 Å². The number of morpholine rings is 1. The van der Waals surface area contributed by atoms with Crippen molar-refractivity contribution < 1.29 is 4.74 Å². The monoisotopic (exact) mass is 481 g/mol. The lowest BCUT2D eigenvalue weighted by Gasteiger charge is -2.30. The molecule has 0 unspecified atom stereocenters. The molecule has 0 spiro atoms. The molecule has 28 heavy (non-hydrogen) atoms. The molecule has 1 saturated heterocycles. The molecule has 1 heterocycles. The molecule has 2 aromatic rings. The first kappa shape index (κ1) is 21.5. The smallest absolute Gasteiger partial charge is 0.173 e. The topological polar surface area (TPSA) is 27.7 Å². The van der Waals surface area contributed by atoms with E-state index in [0.717, 1.165) is 66.6 Å². The van der Waals surface area contributed by atoms with E-state index in [4.69, 9.17) is 28.6 Å². The summed E-state index contributed by atoms with van der Waals surface area (Å²) in [7, 11) is 0. The Morgan fingerprint density at radius 3 is 2.57 bits per heavy atom. The molecule has 7 heteroatoms. The van der Waals surface area contributed by atoms with Gasteiger partial charge in [-0.2, -0.15) is 0 Å². The Balaban J connectivity index is 1.63. The van der Waals surface area contributed by atoms with Crippen molar-refractivity contribution in [2.24, 2.45) is 0 Å². The van der Waals surface area contributed by atoms with Gasteiger partial charge in [0.1, 0.15) is 0 Å². The standard InChI is InChI=1S/C21H25BrClN3OS/c22-18-6-8-19(9-7-18)24-21(28)26(16-17-4-1-2-5-20(17)23)11-3-10-25-12-14-27-15-13-25/h1-2,4-9H,3,10-16H2,(H,24,28). The Hall–Kier alpha value is -1.18. The Labute approximate surface area is 185 Å². The van der Waals surface area contributed by atoms with Crippen LogP contribution in [0.1, 0.15) is 12.0 Å². The molecule has 0 saturated carbocycles. The van der Waals surface area contributed by atoms with E-state index in [9.17, 15) is 0 Å². The fourth-order valence-electron chi connectivity index (χ4n) is 3.13. The van der Waals surface area contributed by atoms with Crippen molar-refractivity contribution in [2.45, 2.75) is 13.0 Å². The van der Waals surface area contributed by atoms with Gasteiger partial charge in [-0.25, -0.2) is 0 Å². The van der Waals surface area contributed by atoms with Crippen LogP contribution in [0, 0.1) is 0 Å². The Bertz CT molecular complexity index is 769. The predicted octanol–water partition coefficient (Wildman–Crippen LogP) is 5.02. The fraction of sp³-hybridized carbons (Fsp3) is 0.381. The molecule has 150 valence electrons. The molecule has 0 atom stereocenters. The lowest BCUT2D eigenvalue weighted by atomic mass is 10.2. The van der Waals surface area contributed by atoms with Gasteiger partial charge in [0.15, 0.2) is 5.11 Å². The molecule has 4 nitrogen and oxygen atoms in total. The van der Waals surface area contributed by atoms with Gasteiger partial charge in [0, 0.05) is 47.9 Å². The van der Waals surface area contributed by atoms with Crippen LogP contribution in [0.4, 0.5) is 5.69 Å². The molecule has 0 bridgehead atoms. The van der Waals surface area contributed by atoms with Crippen LogP contribution in [0.25, 0.3) is 0 Å². The minimum absolute atomic E-state index is 0.686. The van der Waals surface area contributed by atoms with Crippen LogP contribution in [0.15, 0.2) is 53.0 Å². The molecular weight excluding hydrogens is 458 g/mol. The molecule has 1 aliphatic rings. The molecule has 0 radical (unpaired) electrons. The summed E-state index contributed by atoms with van der Waals surface area (Å²) in [5, 5.41) is 4.84. The summed E-state index contributed by atoms with van der Waals surface area (Å²) in [4.78, 5) is 4.64. The van der Waals surface area contributed by atoms with E-state index >= 15 is 0 Å². The molecule has 0 aliphatic carbocycles. The van der Waals surface area contributed by atoms with Gasteiger partial charge in [-0.3, -0.25) is 4.90 Å². The third-order valence-electron chi connectivity index (χ3n) is 4.71. The van der Waals surface area contributed by atoms with Gasteiger partial charge >= 0.3 is 0 Å². The van der Waals surface area contributed by atoms with Crippen LogP contribution in [-0.2, 0) is 11.3 Å². The highest BCUT2D eigenvalue weighted by atomic mass is 79.9. The minimum atomic E-state index is 0.686. The van der Waals surface area contributed by atoms with Crippen LogP contribution in [0.3, 0.4) is 0 Å². The van der Waals surface area contributed by atoms with E-state index in [1.807, 2.05) is 42.5 Å². The minimum Gasteiger partial charge on any atom is -0.379 e. The van der Waals surface area contributed by atoms with E-state index in [1.165, 1.54) is 0 Å². The number of hydrogen-bond donors (Lipinski definition) is 1. The summed E-state index contributed by atoms with van der Waals surface area (Å²) >= 11 is 15.6. The van der Waals surface area contributed by atoms with Crippen molar-refractivity contribution in [1.29, 1.82) is 0 Å². The third-order valence-corrected chi connectivity index (χ3v) is 5.97. The van der Waals surface area contributed by atoms with Gasteiger partial charge in [-0.1, -0.05) is 45.7 Å². The molecule has 0 aromatic heterocycles. The first-order valence-electron chi connectivity index (χ1n) is 9.47. The third kappa shape index (κ3) is 6.71. The van der Waals surface area contributed by atoms with Crippen LogP contribution in [-0.4, -0.2) is 54.3 Å². The zero-order valence-electron chi connectivity index (χ0n) is 15.7. The number of hydrogen-bond acceptors (Lipinski definition) is 3. The van der Waals surface area contributed by atoms with E-state index < -0.39 is 0 Å². The second kappa shape index (κ2) is 11.1. The molecule has 0 amide bonds. The highest BCUT2D eigenvalue weighted by Gasteiger charge is 2.15. The normalized spacial score (nSPS) is 14.6. The number of rotatable bonds is 7. The average Bonchev–Trinajstić information content (AvgIpc) is 2.71. The number of ether oxygens (including phenoxy) is 1. The number of benzene rings is 2. The molecule has 1 fully saturated rings. The highest BCUT2D eigenvalue weighted by molar-refractivity contribution is 9.10. The van der Waals surface area contributed by atoms with Gasteiger partial charge in [0.05, 0.1) is 13.2 Å². The van der Waals surface area contributed by atoms with Crippen LogP contribution in [0.5, 0.6) is 0 Å². The summed E-state index contributed by atoms with van der Waals surface area (Å²) < 4.78 is 6.48. The van der Waals surface area contributed by atoms with Crippen LogP contribution >= 0.6 is 39.7 Å². The highest BCUT2D eigenvalue weighted by Crippen LogP contribution is 2.19. The Morgan fingerprint density at radius 2 is 1.86 bits per heavy atom. The maximum atomic E-state index is 6.39. The second-order valence-electron chi connectivity index (χ2n) is 6.76. The zero-order chi connectivity index (χ0) is 19.8. The van der Waals surface area contributed by atoms with Gasteiger partial charge in [-0.05, 0) is 54.5 Å². The first-order valence-corrected chi connectivity index (χ1v) is 11.0. The number of nitrogens with zero attached hydrogens (tertiary/aromatic N) is 2. The molecule has 2 aromatic carbocycles. The van der Waals surface area contributed by atoms with Gasteiger partial charge in [0.2, 0.25) is 0 Å². The number of halogens is 2. The quantitative estimate of drug-likeness (QED) is 0.559. The lowest BCUT2D eigenvalue weighted by Crippen LogP contribution is -2.40. The van der Waals surface area contributed by atoms with E-state index in [0.29, 0.717) is 11.7 Å². The van der Waals surface area contributed by atoms with Crippen LogP contribution < -0.4 is 5.32 Å². The largest absolute Gasteiger partial charge is 0.379 e. The van der Waals surface area contributed by atoms with Crippen LogP contribution in [0.2, 0.25) is 5.02 Å². The Morgan fingerprint density at radius 1 is 1.14 bits per heavy atom. The van der Waals surface area contributed by atoms with Gasteiger partial charge in [-0.15, -0.1) is 0 Å². The van der Waals surface area contributed by atoms with Crippen molar-refractivity contribution in [3.8, 4) is 0 Å². The molecular formula is C21H25BrClN3OS. The maximum Gasteiger partial charge on any atom is 0.173 e. The zero-order valence-corrected chi connectivity index (χ0v) is 18.9. The van der Waals surface area contributed by atoms with E-state index in [-0.39, 0.29) is 0 Å². The molecule has 1 aliphatic heterocycles. The van der Waals surface area contributed by atoms with Crippen molar-refractivity contribution in [3.63, 3.8) is 0 Å². The number of anilines is 1. The van der Waals surface area contributed by atoms with Crippen molar-refractivity contribution in [1.82, 2.24) is 9.80 Å². The van der Waals surface area contributed by atoms with Crippen molar-refractivity contribution in [2.75, 3.05) is 44.7 Å². The summed E-state index contributed by atoms with van der Waals surface area (Å²) in [6.45, 7) is 6.26. The van der Waals surface area contributed by atoms with Gasteiger partial charge in [0.25, 0.3) is 0 Å². The van der Waals surface area contributed by atoms with E-state index in [1.54, 1.807) is 0 Å². The average molecular weight is 483 g/mol. The Kier molecular flexibility index (Phi) is 8.55. The van der Waals surface area contributed by atoms with Gasteiger partial charge < -0.3 is 15.0 Å². The summed E-state index contributed by atoms with van der Waals surface area (Å²) in [6, 6.07) is 16.0. The van der Waals surface area contributed by atoms with E-state index in [2.05, 4.69) is 37.1 Å². The lowest BCUT2D eigenvalue weighted by molar-refractivity contribution is 0.0368. The summed E-state index contributed by atoms with van der Waals surface area (Å²) in [5.74, 6) is 0.